The highest BCUT2D eigenvalue weighted by Crippen LogP contribution is 2.29. The van der Waals surface area contributed by atoms with Gasteiger partial charge in [0.1, 0.15) is 5.69 Å². The number of rotatable bonds is 4. The quantitative estimate of drug-likeness (QED) is 0.650. The number of nitro benzene ring substituents is 1. The number of hydrogen-bond acceptors (Lipinski definition) is 4. The van der Waals surface area contributed by atoms with E-state index in [0.29, 0.717) is 5.92 Å². The zero-order valence-electron chi connectivity index (χ0n) is 10.9. The van der Waals surface area contributed by atoms with Crippen LogP contribution in [0.1, 0.15) is 19.8 Å². The van der Waals surface area contributed by atoms with Gasteiger partial charge in [-0.15, -0.1) is 0 Å². The number of nitrogens with one attached hydrogen (secondary N) is 2. The zero-order valence-corrected chi connectivity index (χ0v) is 10.9. The maximum Gasteiger partial charge on any atom is 0.327 e. The fourth-order valence-electron chi connectivity index (χ4n) is 2.49. The van der Waals surface area contributed by atoms with Gasteiger partial charge in [-0.25, -0.2) is 0 Å². The van der Waals surface area contributed by atoms with Crippen LogP contribution in [0, 0.1) is 21.8 Å². The summed E-state index contributed by atoms with van der Waals surface area (Å²) in [7, 11) is 0. The van der Waals surface area contributed by atoms with Crippen molar-refractivity contribution < 1.29 is 9.31 Å². The first kappa shape index (κ1) is 13.7. The Morgan fingerprint density at radius 3 is 3.00 bits per heavy atom. The molecule has 5 nitrogen and oxygen atoms in total. The Morgan fingerprint density at radius 1 is 1.58 bits per heavy atom. The Kier molecular flexibility index (Phi) is 4.31. The van der Waals surface area contributed by atoms with Gasteiger partial charge in [-0.3, -0.25) is 10.1 Å². The van der Waals surface area contributed by atoms with Crippen LogP contribution >= 0.6 is 0 Å². The molecule has 1 heterocycles. The van der Waals surface area contributed by atoms with Crippen LogP contribution in [0.2, 0.25) is 0 Å². The van der Waals surface area contributed by atoms with E-state index in [9.17, 15) is 14.5 Å². The molecule has 0 radical (unpaired) electrons. The molecule has 2 rings (SSSR count). The third-order valence-electron chi connectivity index (χ3n) is 3.59. The molecule has 2 N–H and O–H groups in total. The van der Waals surface area contributed by atoms with E-state index < -0.39 is 16.4 Å². The van der Waals surface area contributed by atoms with Crippen LogP contribution in [-0.4, -0.2) is 24.1 Å². The van der Waals surface area contributed by atoms with Crippen LogP contribution in [0.15, 0.2) is 18.2 Å². The molecule has 19 heavy (non-hydrogen) atoms. The van der Waals surface area contributed by atoms with Crippen molar-refractivity contribution in [3.63, 3.8) is 0 Å². The Labute approximate surface area is 111 Å². The third-order valence-corrected chi connectivity index (χ3v) is 3.59. The standard InChI is InChI=1S/C13H18FN3O2/c1-9(10-4-3-7-15-8-10)16-12-6-2-5-11(14)13(12)17(18)19/h2,5-6,9-10,15-16H,3-4,7-8H2,1H3. The summed E-state index contributed by atoms with van der Waals surface area (Å²) in [5, 5.41) is 17.3. The molecule has 0 bridgehead atoms. The minimum absolute atomic E-state index is 0.0632. The number of benzene rings is 1. The van der Waals surface area contributed by atoms with Crippen molar-refractivity contribution in [1.82, 2.24) is 5.32 Å². The molecule has 2 atom stereocenters. The SMILES string of the molecule is CC(Nc1cccc(F)c1[N+](=O)[O-])C1CCCNC1. The molecule has 1 aromatic rings. The van der Waals surface area contributed by atoms with Crippen molar-refractivity contribution in [2.45, 2.75) is 25.8 Å². The summed E-state index contributed by atoms with van der Waals surface area (Å²) >= 11 is 0. The molecule has 0 aromatic heterocycles. The monoisotopic (exact) mass is 267 g/mol. The van der Waals surface area contributed by atoms with Gasteiger partial charge in [0.15, 0.2) is 0 Å². The van der Waals surface area contributed by atoms with E-state index in [2.05, 4.69) is 10.6 Å². The minimum atomic E-state index is -0.802. The molecule has 1 saturated heterocycles. The van der Waals surface area contributed by atoms with E-state index in [1.807, 2.05) is 6.92 Å². The molecule has 2 unspecified atom stereocenters. The lowest BCUT2D eigenvalue weighted by molar-refractivity contribution is -0.386. The first-order valence-electron chi connectivity index (χ1n) is 6.49. The predicted molar refractivity (Wildman–Crippen MR) is 71.7 cm³/mol. The second-order valence-corrected chi connectivity index (χ2v) is 4.93. The summed E-state index contributed by atoms with van der Waals surface area (Å²) in [6.07, 6.45) is 2.17. The van der Waals surface area contributed by atoms with Gasteiger partial charge in [0.05, 0.1) is 4.92 Å². The fraction of sp³-hybridized carbons (Fsp3) is 0.538. The first-order valence-corrected chi connectivity index (χ1v) is 6.49. The van der Waals surface area contributed by atoms with E-state index in [4.69, 9.17) is 0 Å². The van der Waals surface area contributed by atoms with Crippen molar-refractivity contribution in [3.8, 4) is 0 Å². The number of hydrogen-bond donors (Lipinski definition) is 2. The highest BCUT2D eigenvalue weighted by molar-refractivity contribution is 5.62. The highest BCUT2D eigenvalue weighted by Gasteiger charge is 2.24. The van der Waals surface area contributed by atoms with Gasteiger partial charge in [0.25, 0.3) is 0 Å². The van der Waals surface area contributed by atoms with Gasteiger partial charge >= 0.3 is 5.69 Å². The lowest BCUT2D eigenvalue weighted by atomic mass is 9.92. The normalized spacial score (nSPS) is 20.8. The number of halogens is 1. The van der Waals surface area contributed by atoms with Gasteiger partial charge in [-0.05, 0) is 50.9 Å². The Morgan fingerprint density at radius 2 is 2.37 bits per heavy atom. The average molecular weight is 267 g/mol. The molecule has 1 aromatic carbocycles. The maximum absolute atomic E-state index is 13.5. The number of piperidine rings is 1. The maximum atomic E-state index is 13.5. The summed E-state index contributed by atoms with van der Waals surface area (Å²) < 4.78 is 13.5. The van der Waals surface area contributed by atoms with Crippen LogP contribution < -0.4 is 10.6 Å². The molecule has 0 amide bonds. The summed E-state index contributed by atoms with van der Waals surface area (Å²) in [5.41, 5.74) is -0.221. The smallest absolute Gasteiger partial charge is 0.327 e. The second kappa shape index (κ2) is 5.97. The highest BCUT2D eigenvalue weighted by atomic mass is 19.1. The van der Waals surface area contributed by atoms with Crippen LogP contribution in [0.25, 0.3) is 0 Å². The molecule has 1 aliphatic rings. The third kappa shape index (κ3) is 3.20. The van der Waals surface area contributed by atoms with Gasteiger partial charge in [-0.1, -0.05) is 6.07 Å². The summed E-state index contributed by atoms with van der Waals surface area (Å²) in [4.78, 5) is 10.2. The topological polar surface area (TPSA) is 67.2 Å². The van der Waals surface area contributed by atoms with Crippen LogP contribution in [0.3, 0.4) is 0 Å². The van der Waals surface area contributed by atoms with Crippen LogP contribution in [-0.2, 0) is 0 Å². The fourth-order valence-corrected chi connectivity index (χ4v) is 2.49. The molecule has 0 saturated carbocycles. The Hall–Kier alpha value is -1.69. The van der Waals surface area contributed by atoms with Crippen LogP contribution in [0.5, 0.6) is 0 Å². The molecule has 1 fully saturated rings. The molecule has 0 spiro atoms. The Bertz CT molecular complexity index is 461. The van der Waals surface area contributed by atoms with Crippen molar-refractivity contribution in [2.24, 2.45) is 5.92 Å². The summed E-state index contributed by atoms with van der Waals surface area (Å²) in [6.45, 7) is 3.88. The summed E-state index contributed by atoms with van der Waals surface area (Å²) in [5.74, 6) is -0.402. The number of para-hydroxylation sites is 1. The molecule has 1 aliphatic heterocycles. The van der Waals surface area contributed by atoms with Crippen molar-refractivity contribution in [1.29, 1.82) is 0 Å². The lowest BCUT2D eigenvalue weighted by Gasteiger charge is -2.29. The van der Waals surface area contributed by atoms with Crippen molar-refractivity contribution in [2.75, 3.05) is 18.4 Å². The van der Waals surface area contributed by atoms with E-state index >= 15 is 0 Å². The van der Waals surface area contributed by atoms with E-state index in [0.717, 1.165) is 32.0 Å². The largest absolute Gasteiger partial charge is 0.377 e. The van der Waals surface area contributed by atoms with Gasteiger partial charge < -0.3 is 10.6 Å². The molecule has 0 aliphatic carbocycles. The van der Waals surface area contributed by atoms with Gasteiger partial charge in [-0.2, -0.15) is 4.39 Å². The predicted octanol–water partition coefficient (Wildman–Crippen LogP) is 2.53. The molecule has 104 valence electrons. The minimum Gasteiger partial charge on any atom is -0.377 e. The van der Waals surface area contributed by atoms with Crippen LogP contribution in [0.4, 0.5) is 15.8 Å². The van der Waals surface area contributed by atoms with Crippen molar-refractivity contribution in [3.05, 3.63) is 34.1 Å². The second-order valence-electron chi connectivity index (χ2n) is 4.93. The molecule has 6 heteroatoms. The van der Waals surface area contributed by atoms with E-state index in [1.165, 1.54) is 6.07 Å². The van der Waals surface area contributed by atoms with Gasteiger partial charge in [0, 0.05) is 6.04 Å². The van der Waals surface area contributed by atoms with E-state index in [-0.39, 0.29) is 11.7 Å². The van der Waals surface area contributed by atoms with Crippen molar-refractivity contribution >= 4 is 11.4 Å². The number of nitro groups is 1. The Balaban J connectivity index is 2.14. The van der Waals surface area contributed by atoms with Gasteiger partial charge in [0.2, 0.25) is 5.82 Å². The summed E-state index contributed by atoms with van der Waals surface area (Å²) in [6, 6.07) is 4.20. The zero-order chi connectivity index (χ0) is 13.8. The molecular formula is C13H18FN3O2. The average Bonchev–Trinajstić information content (AvgIpc) is 2.39. The number of nitrogens with zero attached hydrogens (tertiary/aromatic N) is 1. The lowest BCUT2D eigenvalue weighted by Crippen LogP contribution is -2.38. The molecular weight excluding hydrogens is 249 g/mol. The number of anilines is 1. The first-order chi connectivity index (χ1) is 9.09. The van der Waals surface area contributed by atoms with E-state index in [1.54, 1.807) is 6.07 Å².